The van der Waals surface area contributed by atoms with Gasteiger partial charge >= 0.3 is 0 Å². The Morgan fingerprint density at radius 1 is 0.938 bits per heavy atom. The molecule has 32 heavy (non-hydrogen) atoms. The molecule has 1 N–H and O–H groups in total. The second-order valence-electron chi connectivity index (χ2n) is 9.73. The molecule has 3 heteroatoms. The Bertz CT molecular complexity index is 944. The highest BCUT2D eigenvalue weighted by atomic mass is 16.3. The van der Waals surface area contributed by atoms with Gasteiger partial charge in [0.05, 0.1) is 0 Å². The average molecular weight is 431 g/mol. The second-order valence-corrected chi connectivity index (χ2v) is 9.73. The molecule has 0 radical (unpaired) electrons. The number of aromatic hydroxyl groups is 1. The number of phenolic OH excluding ortho intramolecular Hbond substituents is 1. The van der Waals surface area contributed by atoms with Gasteiger partial charge in [-0.15, -0.1) is 0 Å². The summed E-state index contributed by atoms with van der Waals surface area (Å²) in [6.45, 7) is 5.40. The molecular weight excluding hydrogens is 392 g/mol. The molecule has 0 aliphatic heterocycles. The van der Waals surface area contributed by atoms with Crippen molar-refractivity contribution in [3.8, 4) is 5.75 Å². The molecule has 0 amide bonds. The number of aryl methyl sites for hydroxylation is 1. The molecular formula is C29H38N2O. The zero-order chi connectivity index (χ0) is 22.5. The van der Waals surface area contributed by atoms with Gasteiger partial charge in [-0.2, -0.15) is 0 Å². The third-order valence-electron chi connectivity index (χ3n) is 7.23. The number of likely N-dealkylation sites (N-methyl/N-ethyl adjacent to an activating group) is 2. The minimum atomic E-state index is 0.394. The maximum Gasteiger partial charge on any atom is 0.115 e. The van der Waals surface area contributed by atoms with Crippen LogP contribution in [0.25, 0.3) is 0 Å². The summed E-state index contributed by atoms with van der Waals surface area (Å²) >= 11 is 0. The summed E-state index contributed by atoms with van der Waals surface area (Å²) in [5.41, 5.74) is 5.55. The minimum absolute atomic E-state index is 0.394. The van der Waals surface area contributed by atoms with Crippen molar-refractivity contribution in [2.45, 2.75) is 45.2 Å². The van der Waals surface area contributed by atoms with Gasteiger partial charge in [0.2, 0.25) is 0 Å². The van der Waals surface area contributed by atoms with Gasteiger partial charge in [-0.3, -0.25) is 4.90 Å². The van der Waals surface area contributed by atoms with Gasteiger partial charge in [0.1, 0.15) is 5.75 Å². The number of phenols is 1. The summed E-state index contributed by atoms with van der Waals surface area (Å²) in [5.74, 6) is 1.56. The lowest BCUT2D eigenvalue weighted by atomic mass is 9.73. The van der Waals surface area contributed by atoms with E-state index in [2.05, 4.69) is 85.5 Å². The Balaban J connectivity index is 1.45. The number of hydrogen-bond acceptors (Lipinski definition) is 3. The third-order valence-corrected chi connectivity index (χ3v) is 7.23. The first-order valence-corrected chi connectivity index (χ1v) is 12.2. The Morgan fingerprint density at radius 3 is 2.44 bits per heavy atom. The van der Waals surface area contributed by atoms with Crippen molar-refractivity contribution < 1.29 is 5.11 Å². The number of rotatable bonds is 8. The van der Waals surface area contributed by atoms with Crippen LogP contribution in [0.3, 0.4) is 0 Å². The number of hydrogen-bond donors (Lipinski definition) is 1. The van der Waals surface area contributed by atoms with Crippen LogP contribution in [-0.4, -0.2) is 48.1 Å². The van der Waals surface area contributed by atoms with Crippen LogP contribution in [0.5, 0.6) is 5.75 Å². The van der Waals surface area contributed by atoms with Crippen LogP contribution < -0.4 is 0 Å². The Hall–Kier alpha value is -2.36. The average Bonchev–Trinajstić information content (AvgIpc) is 2.81. The zero-order valence-corrected chi connectivity index (χ0v) is 19.9. The van der Waals surface area contributed by atoms with Crippen LogP contribution in [-0.2, 0) is 25.8 Å². The van der Waals surface area contributed by atoms with Gasteiger partial charge in [0, 0.05) is 19.1 Å². The zero-order valence-electron chi connectivity index (χ0n) is 19.9. The maximum absolute atomic E-state index is 9.83. The van der Waals surface area contributed by atoms with E-state index >= 15 is 0 Å². The molecule has 2 aliphatic carbocycles. The second kappa shape index (κ2) is 10.5. The fraction of sp³-hybridized carbons (Fsp3) is 0.448. The Morgan fingerprint density at radius 2 is 1.69 bits per heavy atom. The summed E-state index contributed by atoms with van der Waals surface area (Å²) in [6, 6.07) is 15.6. The first-order chi connectivity index (χ1) is 15.5. The van der Waals surface area contributed by atoms with Crippen LogP contribution in [0.1, 0.15) is 35.6 Å². The van der Waals surface area contributed by atoms with Crippen molar-refractivity contribution >= 4 is 0 Å². The molecule has 3 nitrogen and oxygen atoms in total. The lowest BCUT2D eigenvalue weighted by Crippen LogP contribution is -2.43. The van der Waals surface area contributed by atoms with Crippen molar-refractivity contribution in [1.29, 1.82) is 0 Å². The molecule has 2 aromatic rings. The number of fused-ring (bicyclic) bond motifs is 1. The first-order valence-electron chi connectivity index (χ1n) is 12.2. The summed E-state index contributed by atoms with van der Waals surface area (Å²) in [5, 5.41) is 9.83. The fourth-order valence-corrected chi connectivity index (χ4v) is 5.34. The maximum atomic E-state index is 9.83. The molecule has 170 valence electrons. The minimum Gasteiger partial charge on any atom is -0.508 e. The topological polar surface area (TPSA) is 26.7 Å². The number of nitrogens with zero attached hydrogens (tertiary/aromatic N) is 2. The Kier molecular flexibility index (Phi) is 7.49. The van der Waals surface area contributed by atoms with Crippen molar-refractivity contribution in [2.24, 2.45) is 11.8 Å². The molecule has 0 heterocycles. The molecule has 2 aliphatic rings. The highest BCUT2D eigenvalue weighted by Crippen LogP contribution is 2.37. The fourth-order valence-electron chi connectivity index (χ4n) is 5.34. The van der Waals surface area contributed by atoms with Gasteiger partial charge in [-0.1, -0.05) is 61.6 Å². The van der Waals surface area contributed by atoms with E-state index in [0.29, 0.717) is 23.6 Å². The predicted molar refractivity (Wildman–Crippen MR) is 134 cm³/mol. The van der Waals surface area contributed by atoms with Crippen LogP contribution >= 0.6 is 0 Å². The van der Waals surface area contributed by atoms with Crippen LogP contribution in [0.2, 0.25) is 0 Å². The van der Waals surface area contributed by atoms with E-state index in [4.69, 9.17) is 0 Å². The van der Waals surface area contributed by atoms with E-state index in [1.165, 1.54) is 28.7 Å². The van der Waals surface area contributed by atoms with Crippen molar-refractivity contribution in [2.75, 3.05) is 27.2 Å². The Labute approximate surface area is 194 Å². The number of benzene rings is 2. The van der Waals surface area contributed by atoms with Gasteiger partial charge in [0.15, 0.2) is 0 Å². The van der Waals surface area contributed by atoms with Crippen LogP contribution in [0, 0.1) is 11.8 Å². The lowest BCUT2D eigenvalue weighted by molar-refractivity contribution is 0.154. The molecule has 2 aromatic carbocycles. The standard InChI is InChI=1S/C29H38N2O/c1-4-31(21-23-11-9-22(10-12-23)17-18-30(2)3)29-8-6-5-7-28(29)26-14-13-25-20-27(32)16-15-24(25)19-26/h5-12,15-16,20,26,28-29,32H,4,13-14,17-19,21H2,1-3H3/t26-,28?,29?/m1/s1. The first kappa shape index (κ1) is 22.8. The highest BCUT2D eigenvalue weighted by molar-refractivity contribution is 5.37. The summed E-state index contributed by atoms with van der Waals surface area (Å²) in [6.07, 6.45) is 13.8. The van der Waals surface area contributed by atoms with Gasteiger partial charge < -0.3 is 10.0 Å². The third kappa shape index (κ3) is 5.51. The molecule has 0 aromatic heterocycles. The van der Waals surface area contributed by atoms with E-state index in [1.54, 1.807) is 0 Å². The molecule has 2 unspecified atom stereocenters. The van der Waals surface area contributed by atoms with Crippen LogP contribution in [0.4, 0.5) is 0 Å². The summed E-state index contributed by atoms with van der Waals surface area (Å²) in [7, 11) is 4.26. The van der Waals surface area contributed by atoms with E-state index in [1.807, 2.05) is 12.1 Å². The van der Waals surface area contributed by atoms with Gasteiger partial charge in [-0.25, -0.2) is 0 Å². The number of allylic oxidation sites excluding steroid dienone is 2. The molecule has 4 rings (SSSR count). The van der Waals surface area contributed by atoms with Crippen molar-refractivity contribution in [3.63, 3.8) is 0 Å². The molecule has 0 spiro atoms. The highest BCUT2D eigenvalue weighted by Gasteiger charge is 2.33. The smallest absolute Gasteiger partial charge is 0.115 e. The molecule has 0 bridgehead atoms. The SMILES string of the molecule is CCN(Cc1ccc(CCN(C)C)cc1)C1C=CC=CC1[C@@H]1CCc2cc(O)ccc2C1. The van der Waals surface area contributed by atoms with Crippen molar-refractivity contribution in [3.05, 3.63) is 89.0 Å². The largest absolute Gasteiger partial charge is 0.508 e. The van der Waals surface area contributed by atoms with E-state index in [0.717, 1.165) is 38.9 Å². The molecule has 0 fully saturated rings. The molecule has 0 saturated carbocycles. The van der Waals surface area contributed by atoms with E-state index in [-0.39, 0.29) is 0 Å². The van der Waals surface area contributed by atoms with E-state index < -0.39 is 0 Å². The van der Waals surface area contributed by atoms with Crippen LogP contribution in [0.15, 0.2) is 66.8 Å². The quantitative estimate of drug-likeness (QED) is 0.621. The van der Waals surface area contributed by atoms with E-state index in [9.17, 15) is 5.11 Å². The summed E-state index contributed by atoms with van der Waals surface area (Å²) in [4.78, 5) is 4.87. The van der Waals surface area contributed by atoms with Crippen molar-refractivity contribution in [1.82, 2.24) is 9.80 Å². The monoisotopic (exact) mass is 430 g/mol. The lowest BCUT2D eigenvalue weighted by Gasteiger charge is -2.40. The molecule has 0 saturated heterocycles. The normalized spacial score (nSPS) is 22.5. The summed E-state index contributed by atoms with van der Waals surface area (Å²) < 4.78 is 0. The van der Waals surface area contributed by atoms with Gasteiger partial charge in [0.25, 0.3) is 0 Å². The van der Waals surface area contributed by atoms with Gasteiger partial charge in [-0.05, 0) is 92.5 Å². The predicted octanol–water partition coefficient (Wildman–Crippen LogP) is 5.23. The molecule has 3 atom stereocenters.